The van der Waals surface area contributed by atoms with Crippen molar-refractivity contribution in [3.8, 4) is 0 Å². The largest absolute Gasteiger partial charge is 0 e. The van der Waals surface area contributed by atoms with Crippen molar-refractivity contribution in [1.29, 1.82) is 0 Å². The predicted octanol–water partition coefficient (Wildman–Crippen LogP) is -0.0625. The molecule has 25 heteroatoms. The van der Waals surface area contributed by atoms with Gasteiger partial charge in [-0.3, -0.25) is 0 Å². The molecule has 0 fully saturated rings. The quantitative estimate of drug-likeness (QED) is 0.320. The van der Waals surface area contributed by atoms with E-state index in [-0.39, 0.29) is 495 Å². The maximum absolute atomic E-state index is 0. The Labute approximate surface area is 481 Å². The molecular weight excluding hydrogens is 4760 g/mol. The Morgan fingerprint density at radius 1 is 0.0400 bits per heavy atom. The maximum atomic E-state index is 0. The Bertz CT molecular complexity index is 0. The van der Waals surface area contributed by atoms with Crippen molar-refractivity contribution >= 4 is 0 Å². The van der Waals surface area contributed by atoms with E-state index in [4.69, 9.17) is 0 Å². The molecule has 0 N–H and O–H groups in total. The molecule has 0 aliphatic rings. The fourth-order valence-electron chi connectivity index (χ4n) is 0. The van der Waals surface area contributed by atoms with Crippen LogP contribution in [-0.2, 0) is 495 Å². The molecule has 0 rings (SSSR count). The van der Waals surface area contributed by atoms with Crippen molar-refractivity contribution in [3.05, 3.63) is 0 Å². The van der Waals surface area contributed by atoms with Gasteiger partial charge in [0.25, 0.3) is 0 Å². The van der Waals surface area contributed by atoms with Crippen LogP contribution in [0.25, 0.3) is 0 Å². The van der Waals surface area contributed by atoms with Crippen LogP contribution < -0.4 is 0 Å². The Kier molecular flexibility index (Phi) is 2460. The van der Waals surface area contributed by atoms with Crippen molar-refractivity contribution in [1.82, 2.24) is 0 Å². The monoisotopic (exact) mass is 4800 g/mol. The predicted molar refractivity (Wildman–Crippen MR) is 0 cm³/mol. The molecule has 0 amide bonds. The molecule has 200 valence electrons. The Hall–Kier alpha value is 15.9. The van der Waals surface area contributed by atoms with E-state index in [1.54, 1.807) is 0 Å². The first-order valence-corrected chi connectivity index (χ1v) is 0. The summed E-state index contributed by atoms with van der Waals surface area (Å²) in [5.74, 6) is 0. The standard InChI is InChI=1S/25Os. The van der Waals surface area contributed by atoms with Crippen LogP contribution in [0.4, 0.5) is 0 Å². The first kappa shape index (κ1) is 257. The Morgan fingerprint density at radius 2 is 0.0400 bits per heavy atom. The van der Waals surface area contributed by atoms with Crippen LogP contribution in [-0.4, -0.2) is 0 Å². The van der Waals surface area contributed by atoms with Crippen LogP contribution >= 0.6 is 0 Å². The average Bonchev–Trinajstić information content (AvgIpc) is 0. The molecule has 0 heterocycles. The van der Waals surface area contributed by atoms with Crippen molar-refractivity contribution in [2.45, 2.75) is 0 Å². The van der Waals surface area contributed by atoms with Crippen molar-refractivity contribution in [2.24, 2.45) is 0 Å². The van der Waals surface area contributed by atoms with Crippen LogP contribution in [0.5, 0.6) is 0 Å². The van der Waals surface area contributed by atoms with Gasteiger partial charge in [0, 0.05) is 495 Å². The van der Waals surface area contributed by atoms with Crippen molar-refractivity contribution in [2.75, 3.05) is 0 Å². The molecule has 0 spiro atoms. The second-order valence-corrected chi connectivity index (χ2v) is 0. The Balaban J connectivity index is 0. The summed E-state index contributed by atoms with van der Waals surface area (Å²) < 4.78 is 0. The molecule has 0 aromatic carbocycles. The zero-order valence-electron chi connectivity index (χ0n) is 8.84. The molecule has 0 aromatic heterocycles. The van der Waals surface area contributed by atoms with Gasteiger partial charge >= 0.3 is 0 Å². The second kappa shape index (κ2) is 239. The van der Waals surface area contributed by atoms with Crippen molar-refractivity contribution < 1.29 is 495 Å². The van der Waals surface area contributed by atoms with E-state index in [9.17, 15) is 0 Å². The first-order chi connectivity index (χ1) is 0. The summed E-state index contributed by atoms with van der Waals surface area (Å²) in [6.45, 7) is 0. The second-order valence-electron chi connectivity index (χ2n) is 0. The van der Waals surface area contributed by atoms with Gasteiger partial charge < -0.3 is 0 Å². The maximum Gasteiger partial charge on any atom is 0 e. The van der Waals surface area contributed by atoms with Gasteiger partial charge in [-0.1, -0.05) is 0 Å². The van der Waals surface area contributed by atoms with Gasteiger partial charge in [0.1, 0.15) is 0 Å². The molecule has 0 atom stereocenters. The van der Waals surface area contributed by atoms with Gasteiger partial charge in [-0.2, -0.15) is 0 Å². The minimum atomic E-state index is 0. The zero-order valence-corrected chi connectivity index (χ0v) is 72.3. The van der Waals surface area contributed by atoms with Gasteiger partial charge in [0.2, 0.25) is 0 Å². The number of hydrogen-bond donors (Lipinski definition) is 0. The van der Waals surface area contributed by atoms with Crippen LogP contribution in [0.15, 0.2) is 0 Å². The van der Waals surface area contributed by atoms with E-state index < -0.39 is 0 Å². The normalized spacial score (nSPS) is 0. The molecular formula is Os25. The first-order valence-electron chi connectivity index (χ1n) is 0. The van der Waals surface area contributed by atoms with Gasteiger partial charge in [-0.25, -0.2) is 0 Å². The molecule has 0 saturated heterocycles. The van der Waals surface area contributed by atoms with Crippen LogP contribution in [0.3, 0.4) is 0 Å². The van der Waals surface area contributed by atoms with Gasteiger partial charge in [0.05, 0.1) is 0 Å². The van der Waals surface area contributed by atoms with Crippen LogP contribution in [0, 0.1) is 0 Å². The smallest absolute Gasteiger partial charge is 0 e. The van der Waals surface area contributed by atoms with Crippen LogP contribution in [0.1, 0.15) is 0 Å². The van der Waals surface area contributed by atoms with E-state index in [0.717, 1.165) is 0 Å². The summed E-state index contributed by atoms with van der Waals surface area (Å²) in [6.07, 6.45) is 0. The third kappa shape index (κ3) is 227. The van der Waals surface area contributed by atoms with E-state index in [0.29, 0.717) is 0 Å². The summed E-state index contributed by atoms with van der Waals surface area (Å²) in [7, 11) is 0. The van der Waals surface area contributed by atoms with E-state index >= 15 is 0 Å². The van der Waals surface area contributed by atoms with E-state index in [1.807, 2.05) is 0 Å². The molecule has 25 heavy (non-hydrogen) atoms. The summed E-state index contributed by atoms with van der Waals surface area (Å²) in [5.41, 5.74) is 0. The van der Waals surface area contributed by atoms with E-state index in [2.05, 4.69) is 0 Å². The summed E-state index contributed by atoms with van der Waals surface area (Å²) in [5, 5.41) is 0. The molecule has 0 radical (unpaired) electrons. The van der Waals surface area contributed by atoms with Gasteiger partial charge in [-0.15, -0.1) is 0 Å². The van der Waals surface area contributed by atoms with Gasteiger partial charge in [-0.05, 0) is 0 Å². The molecule has 0 aliphatic carbocycles. The van der Waals surface area contributed by atoms with Crippen LogP contribution in [0.2, 0.25) is 0 Å². The molecule has 0 aromatic rings. The summed E-state index contributed by atoms with van der Waals surface area (Å²) >= 11 is 0. The fourth-order valence-corrected chi connectivity index (χ4v) is 0. The minimum absolute atomic E-state index is 0. The third-order valence-electron chi connectivity index (χ3n) is 0. The fraction of sp³-hybridized carbons (Fsp3) is 0. The number of rotatable bonds is 0. The molecule has 0 saturated carbocycles. The number of hydrogen-bond acceptors (Lipinski definition) is 0. The molecule has 0 aliphatic heterocycles. The molecule has 0 nitrogen and oxygen atoms in total. The molecule has 0 bridgehead atoms. The average molecular weight is 4760 g/mol. The van der Waals surface area contributed by atoms with E-state index in [1.165, 1.54) is 0 Å². The topological polar surface area (TPSA) is 0 Å². The minimum Gasteiger partial charge on any atom is 0 e. The van der Waals surface area contributed by atoms with Gasteiger partial charge in [0.15, 0.2) is 0 Å². The zero-order chi connectivity index (χ0) is 0. The summed E-state index contributed by atoms with van der Waals surface area (Å²) in [6, 6.07) is 0. The third-order valence-corrected chi connectivity index (χ3v) is 0. The summed E-state index contributed by atoms with van der Waals surface area (Å²) in [4.78, 5) is 0. The molecule has 0 unspecified atom stereocenters. The SMILES string of the molecule is [Os].[Os].[Os].[Os].[Os].[Os].[Os].[Os].[Os].[Os].[Os].[Os].[Os].[Os].[Os].[Os].[Os].[Os].[Os].[Os].[Os].[Os].[Os].[Os].[Os]. The Morgan fingerprint density at radius 3 is 0.0400 bits per heavy atom. The van der Waals surface area contributed by atoms with Crippen molar-refractivity contribution in [3.63, 3.8) is 0 Å².